The van der Waals surface area contributed by atoms with Crippen LogP contribution in [-0.2, 0) is 17.8 Å². The molecule has 0 aliphatic carbocycles. The molecule has 24 heavy (non-hydrogen) atoms. The number of rotatable bonds is 4. The molecule has 0 saturated carbocycles. The summed E-state index contributed by atoms with van der Waals surface area (Å²) in [6.45, 7) is 2.76. The molecule has 0 spiro atoms. The van der Waals surface area contributed by atoms with Crippen molar-refractivity contribution < 1.29 is 9.59 Å². The number of fused-ring (bicyclic) bond motifs is 1. The molecule has 2 aromatic rings. The molecule has 0 saturated heterocycles. The van der Waals surface area contributed by atoms with E-state index in [2.05, 4.69) is 27.6 Å². The number of hydrogen-bond donors (Lipinski definition) is 2. The zero-order valence-corrected chi connectivity index (χ0v) is 13.8. The second-order valence-electron chi connectivity index (χ2n) is 5.91. The summed E-state index contributed by atoms with van der Waals surface area (Å²) in [6, 6.07) is 9.32. The first-order valence-electron chi connectivity index (χ1n) is 7.88. The maximum Gasteiger partial charge on any atom is 0.255 e. The third-order valence-electron chi connectivity index (χ3n) is 4.06. The van der Waals surface area contributed by atoms with Gasteiger partial charge in [-0.3, -0.25) is 14.6 Å². The van der Waals surface area contributed by atoms with E-state index in [1.807, 2.05) is 18.2 Å². The number of hydrogen-bond acceptors (Lipinski definition) is 4. The van der Waals surface area contributed by atoms with Gasteiger partial charge in [-0.1, -0.05) is 0 Å². The molecule has 1 aliphatic rings. The molecule has 1 aliphatic heterocycles. The second kappa shape index (κ2) is 6.70. The fraction of sp³-hybridized carbons (Fsp3) is 0.278. The van der Waals surface area contributed by atoms with E-state index in [0.29, 0.717) is 17.8 Å². The maximum absolute atomic E-state index is 12.4. The fourth-order valence-corrected chi connectivity index (χ4v) is 2.78. The topological polar surface area (TPSA) is 74.3 Å². The fourth-order valence-electron chi connectivity index (χ4n) is 2.78. The van der Waals surface area contributed by atoms with Crippen LogP contribution >= 0.6 is 0 Å². The second-order valence-corrected chi connectivity index (χ2v) is 5.91. The number of pyridine rings is 1. The number of aromatic nitrogens is 1. The Labute approximate surface area is 140 Å². The molecule has 0 atom stereocenters. The molecule has 1 aromatic carbocycles. The Kier molecular flexibility index (Phi) is 4.46. The third kappa shape index (κ3) is 3.53. The van der Waals surface area contributed by atoms with Gasteiger partial charge in [-0.05, 0) is 42.3 Å². The van der Waals surface area contributed by atoms with Gasteiger partial charge in [0, 0.05) is 43.7 Å². The van der Waals surface area contributed by atoms with Crippen LogP contribution in [0.2, 0.25) is 0 Å². The number of anilines is 2. The molecule has 0 unspecified atom stereocenters. The molecule has 2 heterocycles. The van der Waals surface area contributed by atoms with Crippen molar-refractivity contribution in [3.8, 4) is 0 Å². The minimum absolute atomic E-state index is 0.130. The van der Waals surface area contributed by atoms with E-state index in [0.717, 1.165) is 18.7 Å². The number of nitrogens with zero attached hydrogens (tertiary/aromatic N) is 2. The monoisotopic (exact) mass is 324 g/mol. The van der Waals surface area contributed by atoms with Gasteiger partial charge >= 0.3 is 0 Å². The first-order valence-corrected chi connectivity index (χ1v) is 7.88. The average Bonchev–Trinajstić information content (AvgIpc) is 2.94. The van der Waals surface area contributed by atoms with Crippen LogP contribution < -0.4 is 15.5 Å². The summed E-state index contributed by atoms with van der Waals surface area (Å²) in [6.07, 6.45) is 2.56. The molecule has 0 radical (unpaired) electrons. The molecular weight excluding hydrogens is 304 g/mol. The zero-order valence-electron chi connectivity index (χ0n) is 13.8. The van der Waals surface area contributed by atoms with E-state index < -0.39 is 0 Å². The van der Waals surface area contributed by atoms with Crippen molar-refractivity contribution in [1.82, 2.24) is 10.3 Å². The Morgan fingerprint density at radius 1 is 1.25 bits per heavy atom. The van der Waals surface area contributed by atoms with Gasteiger partial charge in [-0.25, -0.2) is 0 Å². The lowest BCUT2D eigenvalue weighted by Crippen LogP contribution is -2.20. The highest BCUT2D eigenvalue weighted by Gasteiger charge is 2.16. The lowest BCUT2D eigenvalue weighted by Gasteiger charge is -2.12. The molecule has 124 valence electrons. The molecule has 2 N–H and O–H groups in total. The molecule has 6 heteroatoms. The number of carbonyl (C=O) groups is 2. The summed E-state index contributed by atoms with van der Waals surface area (Å²) in [5.41, 5.74) is 4.41. The molecule has 1 aromatic heterocycles. The van der Waals surface area contributed by atoms with E-state index in [4.69, 9.17) is 0 Å². The van der Waals surface area contributed by atoms with Crippen molar-refractivity contribution in [2.75, 3.05) is 23.8 Å². The largest absolute Gasteiger partial charge is 0.374 e. The van der Waals surface area contributed by atoms with Gasteiger partial charge in [0.05, 0.1) is 12.2 Å². The van der Waals surface area contributed by atoms with Crippen LogP contribution in [0.4, 0.5) is 11.4 Å². The predicted molar refractivity (Wildman–Crippen MR) is 93.1 cm³/mol. The molecule has 6 nitrogen and oxygen atoms in total. The number of likely N-dealkylation sites (N-methyl/N-ethyl adjacent to an activating group) is 1. The van der Waals surface area contributed by atoms with Crippen molar-refractivity contribution in [3.63, 3.8) is 0 Å². The van der Waals surface area contributed by atoms with Crippen molar-refractivity contribution in [2.45, 2.75) is 19.9 Å². The molecule has 0 bridgehead atoms. The highest BCUT2D eigenvalue weighted by molar-refractivity contribution is 6.04. The van der Waals surface area contributed by atoms with E-state index in [1.165, 1.54) is 18.2 Å². The number of amides is 2. The minimum Gasteiger partial charge on any atom is -0.374 e. The van der Waals surface area contributed by atoms with Crippen LogP contribution in [0.1, 0.15) is 28.5 Å². The van der Waals surface area contributed by atoms with Crippen LogP contribution in [0, 0.1) is 0 Å². The summed E-state index contributed by atoms with van der Waals surface area (Å²) in [5, 5.41) is 5.59. The summed E-state index contributed by atoms with van der Waals surface area (Å²) < 4.78 is 0. The molecule has 2 amide bonds. The van der Waals surface area contributed by atoms with Crippen molar-refractivity contribution in [3.05, 3.63) is 53.3 Å². The Morgan fingerprint density at radius 2 is 2.08 bits per heavy atom. The Morgan fingerprint density at radius 3 is 2.88 bits per heavy atom. The Balaban J connectivity index is 1.71. The van der Waals surface area contributed by atoms with Crippen LogP contribution in [0.25, 0.3) is 0 Å². The van der Waals surface area contributed by atoms with Crippen molar-refractivity contribution in [2.24, 2.45) is 0 Å². The number of benzene rings is 1. The summed E-state index contributed by atoms with van der Waals surface area (Å²) in [4.78, 5) is 29.8. The van der Waals surface area contributed by atoms with Crippen LogP contribution in [0.3, 0.4) is 0 Å². The van der Waals surface area contributed by atoms with Gasteiger partial charge in [-0.15, -0.1) is 0 Å². The Bertz CT molecular complexity index is 788. The Hall–Kier alpha value is -2.89. The normalized spacial score (nSPS) is 12.7. The highest BCUT2D eigenvalue weighted by atomic mass is 16.2. The summed E-state index contributed by atoms with van der Waals surface area (Å²) in [7, 11) is 2.07. The maximum atomic E-state index is 12.4. The van der Waals surface area contributed by atoms with Crippen LogP contribution in [0.15, 0.2) is 36.5 Å². The molecule has 3 rings (SSSR count). The van der Waals surface area contributed by atoms with E-state index in [-0.39, 0.29) is 11.8 Å². The quantitative estimate of drug-likeness (QED) is 0.901. The van der Waals surface area contributed by atoms with Gasteiger partial charge in [-0.2, -0.15) is 0 Å². The van der Waals surface area contributed by atoms with Crippen LogP contribution in [0.5, 0.6) is 0 Å². The summed E-state index contributed by atoms with van der Waals surface area (Å²) in [5.74, 6) is -0.317. The van der Waals surface area contributed by atoms with Gasteiger partial charge in [0.25, 0.3) is 5.91 Å². The lowest BCUT2D eigenvalue weighted by molar-refractivity contribution is -0.119. The zero-order chi connectivity index (χ0) is 17.1. The lowest BCUT2D eigenvalue weighted by atomic mass is 10.1. The van der Waals surface area contributed by atoms with E-state index >= 15 is 0 Å². The van der Waals surface area contributed by atoms with E-state index in [9.17, 15) is 9.59 Å². The van der Waals surface area contributed by atoms with Gasteiger partial charge in [0.2, 0.25) is 5.91 Å². The van der Waals surface area contributed by atoms with Gasteiger partial charge in [0.15, 0.2) is 0 Å². The molecule has 0 fully saturated rings. The first kappa shape index (κ1) is 16.0. The van der Waals surface area contributed by atoms with Crippen molar-refractivity contribution in [1.29, 1.82) is 0 Å². The average molecular weight is 324 g/mol. The standard InChI is InChI=1S/C18H20N4O2/c1-12(23)20-11-16-10-14(5-7-19-16)18(24)21-15-3-4-17-13(9-15)6-8-22(17)2/h3-5,7,9-10H,6,8,11H2,1-2H3,(H,20,23)(H,21,24). The predicted octanol–water partition coefficient (Wildman–Crippen LogP) is 1.96. The third-order valence-corrected chi connectivity index (χ3v) is 4.06. The van der Waals surface area contributed by atoms with Crippen LogP contribution in [-0.4, -0.2) is 30.4 Å². The van der Waals surface area contributed by atoms with E-state index in [1.54, 1.807) is 18.3 Å². The first-order chi connectivity index (χ1) is 11.5. The highest BCUT2D eigenvalue weighted by Crippen LogP contribution is 2.29. The smallest absolute Gasteiger partial charge is 0.255 e. The van der Waals surface area contributed by atoms with Gasteiger partial charge < -0.3 is 15.5 Å². The summed E-state index contributed by atoms with van der Waals surface area (Å²) >= 11 is 0. The minimum atomic E-state index is -0.187. The number of carbonyl (C=O) groups excluding carboxylic acids is 2. The number of nitrogens with one attached hydrogen (secondary N) is 2. The SMILES string of the molecule is CC(=O)NCc1cc(C(=O)Nc2ccc3c(c2)CCN3C)ccn1. The van der Waals surface area contributed by atoms with Crippen molar-refractivity contribution >= 4 is 23.2 Å². The van der Waals surface area contributed by atoms with Gasteiger partial charge in [0.1, 0.15) is 0 Å². The molecular formula is C18H20N4O2.